The molecular formula is C17H14N4O3S. The van der Waals surface area contributed by atoms with E-state index in [1.54, 1.807) is 18.2 Å². The lowest BCUT2D eigenvalue weighted by atomic mass is 9.96. The maximum Gasteiger partial charge on any atom is 0.251 e. The van der Waals surface area contributed by atoms with Gasteiger partial charge in [-0.3, -0.25) is 4.79 Å². The van der Waals surface area contributed by atoms with Crippen LogP contribution < -0.4 is 5.32 Å². The fraction of sp³-hybridized carbons (Fsp3) is 0.176. The summed E-state index contributed by atoms with van der Waals surface area (Å²) in [7, 11) is -3.49. The van der Waals surface area contributed by atoms with Crippen LogP contribution in [0.5, 0.6) is 0 Å². The standard InChI is InChI=1S/C17H14N4O3S/c1-25(23,24)14-4-2-3-12(15(14)16-19-9-20-21-16)10-5-6-11-8-18-17(22)13(11)7-10/h2-7H,8-9H2,1H3,(H,18,22). The van der Waals surface area contributed by atoms with E-state index in [0.717, 1.165) is 17.4 Å². The minimum absolute atomic E-state index is 0.129. The number of carbonyl (C=O) groups is 1. The van der Waals surface area contributed by atoms with Crippen LogP contribution in [0.15, 0.2) is 56.5 Å². The summed E-state index contributed by atoms with van der Waals surface area (Å²) in [6.07, 6.45) is 1.15. The number of nitrogens with one attached hydrogen (secondary N) is 1. The van der Waals surface area contributed by atoms with E-state index < -0.39 is 9.84 Å². The number of amidine groups is 1. The summed E-state index contributed by atoms with van der Waals surface area (Å²) in [6.45, 7) is 0.686. The minimum Gasteiger partial charge on any atom is -0.348 e. The smallest absolute Gasteiger partial charge is 0.251 e. The van der Waals surface area contributed by atoms with Gasteiger partial charge in [-0.2, -0.15) is 5.11 Å². The average Bonchev–Trinajstić information content (AvgIpc) is 3.23. The number of amides is 1. The summed E-state index contributed by atoms with van der Waals surface area (Å²) < 4.78 is 24.5. The number of hydrogen-bond donors (Lipinski definition) is 1. The van der Waals surface area contributed by atoms with E-state index >= 15 is 0 Å². The number of carbonyl (C=O) groups excluding carboxylic acids is 1. The highest BCUT2D eigenvalue weighted by molar-refractivity contribution is 7.90. The first kappa shape index (κ1) is 15.6. The van der Waals surface area contributed by atoms with Gasteiger partial charge in [-0.25, -0.2) is 13.4 Å². The molecule has 2 heterocycles. The van der Waals surface area contributed by atoms with E-state index in [1.807, 2.05) is 12.1 Å². The lowest BCUT2D eigenvalue weighted by molar-refractivity contribution is 0.0966. The molecule has 2 aromatic rings. The van der Waals surface area contributed by atoms with Gasteiger partial charge in [-0.05, 0) is 28.8 Å². The molecule has 0 bridgehead atoms. The molecule has 0 fully saturated rings. The molecule has 25 heavy (non-hydrogen) atoms. The molecule has 0 saturated carbocycles. The molecule has 1 N–H and O–H groups in total. The Bertz CT molecular complexity index is 1070. The fourth-order valence-corrected chi connectivity index (χ4v) is 3.95. The first-order chi connectivity index (χ1) is 11.9. The van der Waals surface area contributed by atoms with Gasteiger partial charge in [0.05, 0.1) is 4.90 Å². The molecule has 4 rings (SSSR count). The molecule has 0 aliphatic carbocycles. The summed E-state index contributed by atoms with van der Waals surface area (Å²) in [5.41, 5.74) is 3.34. The van der Waals surface area contributed by atoms with E-state index in [9.17, 15) is 13.2 Å². The zero-order chi connectivity index (χ0) is 17.6. The molecule has 0 saturated heterocycles. The Kier molecular flexibility index (Phi) is 3.50. The topological polar surface area (TPSA) is 100 Å². The Labute approximate surface area is 144 Å². The fourth-order valence-electron chi connectivity index (χ4n) is 3.05. The second-order valence-electron chi connectivity index (χ2n) is 5.87. The van der Waals surface area contributed by atoms with Crippen LogP contribution >= 0.6 is 0 Å². The van der Waals surface area contributed by atoms with Crippen molar-refractivity contribution in [1.82, 2.24) is 5.32 Å². The van der Waals surface area contributed by atoms with E-state index in [1.165, 1.54) is 6.07 Å². The molecule has 0 aromatic heterocycles. The first-order valence-corrected chi connectivity index (χ1v) is 9.51. The number of sulfone groups is 1. The SMILES string of the molecule is CS(=O)(=O)c1cccc(-c2ccc3c(c2)C(=O)NC3)c1C1=NCN=N1. The molecule has 8 heteroatoms. The van der Waals surface area contributed by atoms with Gasteiger partial charge in [0.1, 0.15) is 0 Å². The largest absolute Gasteiger partial charge is 0.348 e. The zero-order valence-corrected chi connectivity index (χ0v) is 14.2. The summed E-state index contributed by atoms with van der Waals surface area (Å²) in [5.74, 6) is 0.163. The van der Waals surface area contributed by atoms with E-state index in [2.05, 4.69) is 20.5 Å². The summed E-state index contributed by atoms with van der Waals surface area (Å²) in [4.78, 5) is 16.3. The van der Waals surface area contributed by atoms with Crippen molar-refractivity contribution >= 4 is 21.6 Å². The molecule has 2 aliphatic rings. The summed E-state index contributed by atoms with van der Waals surface area (Å²) in [5, 5.41) is 10.6. The lowest BCUT2D eigenvalue weighted by Gasteiger charge is -2.13. The average molecular weight is 354 g/mol. The Morgan fingerprint density at radius 2 is 1.96 bits per heavy atom. The van der Waals surface area contributed by atoms with Crippen LogP contribution in [-0.2, 0) is 16.4 Å². The van der Waals surface area contributed by atoms with Crippen LogP contribution in [-0.4, -0.2) is 33.1 Å². The van der Waals surface area contributed by atoms with Crippen molar-refractivity contribution in [3.63, 3.8) is 0 Å². The molecule has 0 spiro atoms. The van der Waals surface area contributed by atoms with Gasteiger partial charge in [0, 0.05) is 23.9 Å². The van der Waals surface area contributed by atoms with Gasteiger partial charge < -0.3 is 5.32 Å². The monoisotopic (exact) mass is 354 g/mol. The molecule has 0 radical (unpaired) electrons. The number of benzene rings is 2. The molecule has 2 aromatic carbocycles. The van der Waals surface area contributed by atoms with Crippen LogP contribution in [0.1, 0.15) is 21.5 Å². The van der Waals surface area contributed by atoms with Crippen LogP contribution in [0.3, 0.4) is 0 Å². The van der Waals surface area contributed by atoms with Crippen molar-refractivity contribution in [2.45, 2.75) is 11.4 Å². The van der Waals surface area contributed by atoms with Crippen LogP contribution in [0, 0.1) is 0 Å². The highest BCUT2D eigenvalue weighted by atomic mass is 32.2. The maximum absolute atomic E-state index is 12.2. The van der Waals surface area contributed by atoms with Crippen molar-refractivity contribution in [2.24, 2.45) is 15.2 Å². The van der Waals surface area contributed by atoms with Gasteiger partial charge in [0.15, 0.2) is 22.3 Å². The summed E-state index contributed by atoms with van der Waals surface area (Å²) in [6, 6.07) is 10.5. The number of rotatable bonds is 3. The molecule has 0 unspecified atom stereocenters. The van der Waals surface area contributed by atoms with Crippen molar-refractivity contribution in [3.05, 3.63) is 53.1 Å². The predicted molar refractivity (Wildman–Crippen MR) is 92.4 cm³/mol. The van der Waals surface area contributed by atoms with Crippen LogP contribution in [0.25, 0.3) is 11.1 Å². The minimum atomic E-state index is -3.49. The third-order valence-corrected chi connectivity index (χ3v) is 5.34. The predicted octanol–water partition coefficient (Wildman–Crippen LogP) is 2.17. The maximum atomic E-state index is 12.2. The molecule has 0 atom stereocenters. The molecule has 126 valence electrons. The Hall–Kier alpha value is -2.87. The quantitative estimate of drug-likeness (QED) is 0.914. The van der Waals surface area contributed by atoms with Gasteiger partial charge in [-0.1, -0.05) is 24.3 Å². The van der Waals surface area contributed by atoms with Gasteiger partial charge in [-0.15, -0.1) is 5.11 Å². The van der Waals surface area contributed by atoms with Crippen LogP contribution in [0.2, 0.25) is 0 Å². The molecular weight excluding hydrogens is 340 g/mol. The Morgan fingerprint density at radius 3 is 2.68 bits per heavy atom. The van der Waals surface area contributed by atoms with E-state index in [0.29, 0.717) is 29.1 Å². The van der Waals surface area contributed by atoms with Crippen molar-refractivity contribution in [2.75, 3.05) is 12.9 Å². The second kappa shape index (κ2) is 5.59. The van der Waals surface area contributed by atoms with Gasteiger partial charge in [0.25, 0.3) is 5.91 Å². The highest BCUT2D eigenvalue weighted by Gasteiger charge is 2.25. The highest BCUT2D eigenvalue weighted by Crippen LogP contribution is 2.32. The normalized spacial score (nSPS) is 15.9. The molecule has 1 amide bonds. The third kappa shape index (κ3) is 2.64. The molecule has 2 aliphatic heterocycles. The number of azo groups is 1. The van der Waals surface area contributed by atoms with Crippen molar-refractivity contribution in [1.29, 1.82) is 0 Å². The number of nitrogens with zero attached hydrogens (tertiary/aromatic N) is 3. The second-order valence-corrected chi connectivity index (χ2v) is 7.85. The van der Waals surface area contributed by atoms with E-state index in [4.69, 9.17) is 0 Å². The number of hydrogen-bond acceptors (Lipinski definition) is 6. The lowest BCUT2D eigenvalue weighted by Crippen LogP contribution is -2.12. The number of fused-ring (bicyclic) bond motifs is 1. The van der Waals surface area contributed by atoms with E-state index in [-0.39, 0.29) is 17.5 Å². The number of aliphatic imine (C=N–C) groups is 1. The van der Waals surface area contributed by atoms with Crippen molar-refractivity contribution < 1.29 is 13.2 Å². The third-order valence-electron chi connectivity index (χ3n) is 4.20. The van der Waals surface area contributed by atoms with Gasteiger partial charge in [0.2, 0.25) is 0 Å². The Morgan fingerprint density at radius 1 is 1.12 bits per heavy atom. The zero-order valence-electron chi connectivity index (χ0n) is 13.4. The van der Waals surface area contributed by atoms with Crippen LogP contribution in [0.4, 0.5) is 0 Å². The van der Waals surface area contributed by atoms with Crippen molar-refractivity contribution in [3.8, 4) is 11.1 Å². The molecule has 7 nitrogen and oxygen atoms in total. The first-order valence-electron chi connectivity index (χ1n) is 7.62. The van der Waals surface area contributed by atoms with Gasteiger partial charge >= 0.3 is 0 Å². The Balaban J connectivity index is 1.98. The summed E-state index contributed by atoms with van der Waals surface area (Å²) >= 11 is 0.